The summed E-state index contributed by atoms with van der Waals surface area (Å²) in [4.78, 5) is 0. The van der Waals surface area contributed by atoms with Gasteiger partial charge in [-0.25, -0.2) is 0 Å². The van der Waals surface area contributed by atoms with Crippen molar-refractivity contribution in [3.8, 4) is 0 Å². The molecule has 2 aromatic rings. The molecular formula is C13H18N4. The predicted molar refractivity (Wildman–Crippen MR) is 67.4 cm³/mol. The second kappa shape index (κ2) is 5.10. The minimum absolute atomic E-state index is 0.00416. The van der Waals surface area contributed by atoms with Gasteiger partial charge in [-0.1, -0.05) is 35.0 Å². The smallest absolute Gasteiger partial charge is 0.0751 e. The first-order valence-electron chi connectivity index (χ1n) is 5.82. The first-order valence-corrected chi connectivity index (χ1v) is 5.82. The van der Waals surface area contributed by atoms with Gasteiger partial charge in [-0.15, -0.1) is 5.10 Å². The molecule has 0 aliphatic heterocycles. The van der Waals surface area contributed by atoms with Crippen molar-refractivity contribution in [3.63, 3.8) is 0 Å². The summed E-state index contributed by atoms with van der Waals surface area (Å²) in [5.74, 6) is 0. The Morgan fingerprint density at radius 1 is 1.41 bits per heavy atom. The van der Waals surface area contributed by atoms with Crippen LogP contribution in [0.25, 0.3) is 0 Å². The number of aryl methyl sites for hydroxylation is 3. The van der Waals surface area contributed by atoms with Gasteiger partial charge in [-0.05, 0) is 25.3 Å². The van der Waals surface area contributed by atoms with Crippen LogP contribution in [0.5, 0.6) is 0 Å². The molecule has 0 amide bonds. The molecule has 4 nitrogen and oxygen atoms in total. The molecule has 4 heteroatoms. The molecule has 2 N–H and O–H groups in total. The molecule has 0 fully saturated rings. The van der Waals surface area contributed by atoms with E-state index in [9.17, 15) is 0 Å². The van der Waals surface area contributed by atoms with Gasteiger partial charge in [0.15, 0.2) is 0 Å². The molecule has 1 aromatic carbocycles. The fourth-order valence-electron chi connectivity index (χ4n) is 1.97. The number of hydrogen-bond donors (Lipinski definition) is 1. The van der Waals surface area contributed by atoms with Crippen LogP contribution in [0.4, 0.5) is 0 Å². The maximum atomic E-state index is 6.13. The molecule has 1 unspecified atom stereocenters. The van der Waals surface area contributed by atoms with Crippen LogP contribution in [0.15, 0.2) is 30.5 Å². The van der Waals surface area contributed by atoms with Crippen molar-refractivity contribution in [2.45, 2.75) is 25.8 Å². The van der Waals surface area contributed by atoms with Crippen LogP contribution >= 0.6 is 0 Å². The van der Waals surface area contributed by atoms with Crippen molar-refractivity contribution in [3.05, 3.63) is 47.3 Å². The van der Waals surface area contributed by atoms with E-state index < -0.39 is 0 Å². The lowest BCUT2D eigenvalue weighted by Gasteiger charge is -2.11. The number of nitrogens with two attached hydrogens (primary N) is 1. The summed E-state index contributed by atoms with van der Waals surface area (Å²) >= 11 is 0. The molecule has 90 valence electrons. The number of benzene rings is 1. The Morgan fingerprint density at radius 3 is 2.88 bits per heavy atom. The van der Waals surface area contributed by atoms with Crippen LogP contribution in [0.2, 0.25) is 0 Å². The molecule has 0 radical (unpaired) electrons. The van der Waals surface area contributed by atoms with E-state index in [4.69, 9.17) is 5.73 Å². The van der Waals surface area contributed by atoms with Gasteiger partial charge >= 0.3 is 0 Å². The zero-order chi connectivity index (χ0) is 12.3. The van der Waals surface area contributed by atoms with E-state index in [0.29, 0.717) is 0 Å². The molecule has 0 saturated heterocycles. The highest BCUT2D eigenvalue weighted by atomic mass is 15.4. The van der Waals surface area contributed by atoms with Crippen molar-refractivity contribution in [1.29, 1.82) is 0 Å². The first kappa shape index (κ1) is 11.8. The number of aromatic nitrogens is 3. The Kier molecular flexibility index (Phi) is 3.54. The maximum absolute atomic E-state index is 6.13. The van der Waals surface area contributed by atoms with Crippen LogP contribution in [0, 0.1) is 6.92 Å². The minimum Gasteiger partial charge on any atom is -0.323 e. The summed E-state index contributed by atoms with van der Waals surface area (Å²) in [6, 6.07) is 8.53. The van der Waals surface area contributed by atoms with E-state index in [1.807, 2.05) is 7.05 Å². The SMILES string of the molecule is Cc1cccc(CCC(N)c2cnnn2C)c1. The van der Waals surface area contributed by atoms with Crippen LogP contribution in [-0.2, 0) is 13.5 Å². The molecule has 2 rings (SSSR count). The Hall–Kier alpha value is -1.68. The van der Waals surface area contributed by atoms with E-state index in [1.54, 1.807) is 10.9 Å². The molecule has 1 atom stereocenters. The Bertz CT molecular complexity index is 490. The van der Waals surface area contributed by atoms with Crippen molar-refractivity contribution in [2.24, 2.45) is 12.8 Å². The van der Waals surface area contributed by atoms with Gasteiger partial charge in [0.2, 0.25) is 0 Å². The highest BCUT2D eigenvalue weighted by Crippen LogP contribution is 2.15. The van der Waals surface area contributed by atoms with Crippen molar-refractivity contribution in [2.75, 3.05) is 0 Å². The van der Waals surface area contributed by atoms with Crippen molar-refractivity contribution < 1.29 is 0 Å². The molecule has 0 aliphatic rings. The van der Waals surface area contributed by atoms with Crippen LogP contribution in [-0.4, -0.2) is 15.0 Å². The second-order valence-electron chi connectivity index (χ2n) is 4.42. The third kappa shape index (κ3) is 2.91. The molecule has 0 aliphatic carbocycles. The zero-order valence-corrected chi connectivity index (χ0v) is 10.3. The molecular weight excluding hydrogens is 212 g/mol. The summed E-state index contributed by atoms with van der Waals surface area (Å²) < 4.78 is 1.74. The van der Waals surface area contributed by atoms with E-state index in [1.165, 1.54) is 11.1 Å². The topological polar surface area (TPSA) is 56.7 Å². The van der Waals surface area contributed by atoms with Gasteiger partial charge < -0.3 is 5.73 Å². The molecule has 0 bridgehead atoms. The average molecular weight is 230 g/mol. The van der Waals surface area contributed by atoms with Gasteiger partial charge in [-0.2, -0.15) is 0 Å². The van der Waals surface area contributed by atoms with Crippen molar-refractivity contribution >= 4 is 0 Å². The molecule has 1 aromatic heterocycles. The largest absolute Gasteiger partial charge is 0.323 e. The summed E-state index contributed by atoms with van der Waals surface area (Å²) in [5.41, 5.74) is 9.73. The van der Waals surface area contributed by atoms with Gasteiger partial charge in [0, 0.05) is 13.1 Å². The third-order valence-corrected chi connectivity index (χ3v) is 2.96. The average Bonchev–Trinajstić information content (AvgIpc) is 2.72. The minimum atomic E-state index is -0.00416. The van der Waals surface area contributed by atoms with Crippen molar-refractivity contribution in [1.82, 2.24) is 15.0 Å². The molecule has 1 heterocycles. The van der Waals surface area contributed by atoms with Crippen LogP contribution in [0.1, 0.15) is 29.3 Å². The summed E-state index contributed by atoms with van der Waals surface area (Å²) in [6.45, 7) is 2.11. The lowest BCUT2D eigenvalue weighted by atomic mass is 10.0. The van der Waals surface area contributed by atoms with E-state index in [2.05, 4.69) is 41.5 Å². The highest BCUT2D eigenvalue weighted by molar-refractivity contribution is 5.22. The number of nitrogens with zero attached hydrogens (tertiary/aromatic N) is 3. The number of rotatable bonds is 4. The molecule has 0 saturated carbocycles. The van der Waals surface area contributed by atoms with Gasteiger partial charge in [-0.3, -0.25) is 4.68 Å². The van der Waals surface area contributed by atoms with Gasteiger partial charge in [0.1, 0.15) is 0 Å². The summed E-state index contributed by atoms with van der Waals surface area (Å²) in [6.07, 6.45) is 3.62. The van der Waals surface area contributed by atoms with E-state index in [-0.39, 0.29) is 6.04 Å². The summed E-state index contributed by atoms with van der Waals surface area (Å²) in [7, 11) is 1.87. The second-order valence-corrected chi connectivity index (χ2v) is 4.42. The van der Waals surface area contributed by atoms with Crippen LogP contribution < -0.4 is 5.73 Å². The van der Waals surface area contributed by atoms with E-state index >= 15 is 0 Å². The third-order valence-electron chi connectivity index (χ3n) is 2.96. The Balaban J connectivity index is 1.97. The Labute approximate surface area is 101 Å². The normalized spacial score (nSPS) is 12.6. The van der Waals surface area contributed by atoms with Gasteiger partial charge in [0.25, 0.3) is 0 Å². The first-order chi connectivity index (χ1) is 8.16. The molecule has 17 heavy (non-hydrogen) atoms. The lowest BCUT2D eigenvalue weighted by Crippen LogP contribution is -2.15. The predicted octanol–water partition coefficient (Wildman–Crippen LogP) is 1.76. The fraction of sp³-hybridized carbons (Fsp3) is 0.385. The maximum Gasteiger partial charge on any atom is 0.0751 e. The fourth-order valence-corrected chi connectivity index (χ4v) is 1.97. The summed E-state index contributed by atoms with van der Waals surface area (Å²) in [5, 5.41) is 7.74. The van der Waals surface area contributed by atoms with E-state index in [0.717, 1.165) is 18.5 Å². The molecule has 0 spiro atoms. The van der Waals surface area contributed by atoms with Gasteiger partial charge in [0.05, 0.1) is 11.9 Å². The van der Waals surface area contributed by atoms with Crippen LogP contribution in [0.3, 0.4) is 0 Å². The standard InChI is InChI=1S/C13H18N4/c1-10-4-3-5-11(8-10)6-7-12(14)13-9-15-16-17(13)2/h3-5,8-9,12H,6-7,14H2,1-2H3. The zero-order valence-electron chi connectivity index (χ0n) is 10.3. The quantitative estimate of drug-likeness (QED) is 0.870. The Morgan fingerprint density at radius 2 is 2.24 bits per heavy atom. The monoisotopic (exact) mass is 230 g/mol. The number of hydrogen-bond acceptors (Lipinski definition) is 3. The lowest BCUT2D eigenvalue weighted by molar-refractivity contribution is 0.576. The highest BCUT2D eigenvalue weighted by Gasteiger charge is 2.10.